The molecule has 0 saturated heterocycles. The molecule has 2 aromatic heterocycles. The van der Waals surface area contributed by atoms with Gasteiger partial charge in [0.15, 0.2) is 5.69 Å². The molecule has 6 heteroatoms. The van der Waals surface area contributed by atoms with Crippen LogP contribution in [0.2, 0.25) is 0 Å². The molecule has 6 nitrogen and oxygen atoms in total. The summed E-state index contributed by atoms with van der Waals surface area (Å²) in [5.41, 5.74) is 6.95. The van der Waals surface area contributed by atoms with Crippen molar-refractivity contribution < 1.29 is 0 Å². The van der Waals surface area contributed by atoms with E-state index in [1.165, 1.54) is 11.1 Å². The zero-order valence-corrected chi connectivity index (χ0v) is 20.4. The van der Waals surface area contributed by atoms with Gasteiger partial charge in [-0.3, -0.25) is 9.47 Å². The predicted octanol–water partition coefficient (Wildman–Crippen LogP) is 7.63. The molecule has 0 N–H and O–H groups in total. The van der Waals surface area contributed by atoms with Crippen molar-refractivity contribution in [3.63, 3.8) is 0 Å². The molecule has 0 radical (unpaired) electrons. The lowest BCUT2D eigenvalue weighted by Gasteiger charge is -2.40. The third-order valence-corrected chi connectivity index (χ3v) is 7.37. The average molecular weight is 479 g/mol. The van der Waals surface area contributed by atoms with Gasteiger partial charge in [-0.15, -0.1) is 0 Å². The second-order valence-corrected chi connectivity index (χ2v) is 9.75. The number of fused-ring (bicyclic) bond motifs is 5. The Labute approximate surface area is 214 Å². The molecule has 1 aliphatic rings. The molecule has 6 aromatic rings. The molecule has 0 unspecified atom stereocenters. The molecule has 0 amide bonds. The number of para-hydroxylation sites is 3. The molecular formula is C31H22N6. The Morgan fingerprint density at radius 2 is 1.32 bits per heavy atom. The SMILES string of the molecule is [C-]#[N+]c1ccc2c(c1)c1ccccc1n2-c1ncnc(N2c3ccccc3C(C)(C)c3ccccc32)n1. The highest BCUT2D eigenvalue weighted by atomic mass is 15.3. The summed E-state index contributed by atoms with van der Waals surface area (Å²) in [5, 5.41) is 2.06. The van der Waals surface area contributed by atoms with Gasteiger partial charge in [-0.05, 0) is 46.8 Å². The van der Waals surface area contributed by atoms with E-state index in [-0.39, 0.29) is 5.41 Å². The fourth-order valence-corrected chi connectivity index (χ4v) is 5.63. The van der Waals surface area contributed by atoms with Crippen LogP contribution in [0.1, 0.15) is 25.0 Å². The summed E-state index contributed by atoms with van der Waals surface area (Å²) < 4.78 is 2.05. The Hall–Kier alpha value is -5.02. The third kappa shape index (κ3) is 3.01. The fourth-order valence-electron chi connectivity index (χ4n) is 5.63. The maximum absolute atomic E-state index is 7.47. The van der Waals surface area contributed by atoms with Gasteiger partial charge in [0, 0.05) is 10.8 Å². The summed E-state index contributed by atoms with van der Waals surface area (Å²) in [5.74, 6) is 1.09. The van der Waals surface area contributed by atoms with Crippen LogP contribution in [-0.4, -0.2) is 19.5 Å². The first kappa shape index (κ1) is 21.3. The molecule has 0 fully saturated rings. The Balaban J connectivity index is 1.49. The van der Waals surface area contributed by atoms with Crippen molar-refractivity contribution in [1.82, 2.24) is 19.5 Å². The van der Waals surface area contributed by atoms with Gasteiger partial charge in [-0.2, -0.15) is 4.98 Å². The van der Waals surface area contributed by atoms with Gasteiger partial charge < -0.3 is 0 Å². The van der Waals surface area contributed by atoms with Crippen LogP contribution in [0.5, 0.6) is 0 Å². The largest absolute Gasteiger partial charge is 0.278 e. The molecule has 4 aromatic carbocycles. The van der Waals surface area contributed by atoms with E-state index in [1.807, 2.05) is 30.3 Å². The van der Waals surface area contributed by atoms with Crippen molar-refractivity contribution in [2.75, 3.05) is 4.90 Å². The van der Waals surface area contributed by atoms with Gasteiger partial charge in [-0.1, -0.05) is 74.5 Å². The van der Waals surface area contributed by atoms with E-state index >= 15 is 0 Å². The molecule has 0 saturated carbocycles. The van der Waals surface area contributed by atoms with Crippen LogP contribution in [0.4, 0.5) is 23.0 Å². The standard InChI is InChI=1S/C31H22N6/c1-31(2)23-11-5-8-14-27(23)37(28-15-9-6-12-24(28)31)30-34-19-33-29(35-30)36-25-13-7-4-10-21(25)22-18-20(32-3)16-17-26(22)36/h4-19H,1-2H3. The highest BCUT2D eigenvalue weighted by Crippen LogP contribution is 2.50. The lowest BCUT2D eigenvalue weighted by atomic mass is 9.74. The molecule has 0 spiro atoms. The average Bonchev–Trinajstić information content (AvgIpc) is 3.27. The van der Waals surface area contributed by atoms with E-state index in [0.717, 1.165) is 33.2 Å². The normalized spacial score (nSPS) is 13.8. The van der Waals surface area contributed by atoms with Crippen LogP contribution in [0.3, 0.4) is 0 Å². The van der Waals surface area contributed by atoms with Crippen molar-refractivity contribution in [1.29, 1.82) is 0 Å². The van der Waals surface area contributed by atoms with Crippen LogP contribution in [0.25, 0.3) is 32.6 Å². The number of nitrogens with zero attached hydrogens (tertiary/aromatic N) is 6. The quantitative estimate of drug-likeness (QED) is 0.240. The van der Waals surface area contributed by atoms with E-state index in [0.29, 0.717) is 17.6 Å². The highest BCUT2D eigenvalue weighted by molar-refractivity contribution is 6.10. The van der Waals surface area contributed by atoms with Crippen LogP contribution in [0.15, 0.2) is 97.3 Å². The minimum Gasteiger partial charge on any atom is -0.278 e. The topological polar surface area (TPSA) is 51.2 Å². The summed E-state index contributed by atoms with van der Waals surface area (Å²) in [7, 11) is 0. The van der Waals surface area contributed by atoms with Gasteiger partial charge in [-0.25, -0.2) is 14.8 Å². The fraction of sp³-hybridized carbons (Fsp3) is 0.0968. The summed E-state index contributed by atoms with van der Waals surface area (Å²) in [6.07, 6.45) is 1.58. The second-order valence-electron chi connectivity index (χ2n) is 9.75. The Bertz CT molecular complexity index is 1840. The van der Waals surface area contributed by atoms with Crippen molar-refractivity contribution >= 4 is 44.8 Å². The maximum Gasteiger partial charge on any atom is 0.239 e. The number of hydrogen-bond donors (Lipinski definition) is 0. The highest BCUT2D eigenvalue weighted by Gasteiger charge is 2.37. The van der Waals surface area contributed by atoms with Crippen molar-refractivity contribution in [2.45, 2.75) is 19.3 Å². The number of hydrogen-bond acceptors (Lipinski definition) is 4. The first-order valence-electron chi connectivity index (χ1n) is 12.2. The molecular weight excluding hydrogens is 456 g/mol. The van der Waals surface area contributed by atoms with E-state index in [9.17, 15) is 0 Å². The van der Waals surface area contributed by atoms with Crippen molar-refractivity contribution in [3.05, 3.63) is 120 Å². The van der Waals surface area contributed by atoms with E-state index < -0.39 is 0 Å². The van der Waals surface area contributed by atoms with Gasteiger partial charge >= 0.3 is 0 Å². The smallest absolute Gasteiger partial charge is 0.239 e. The molecule has 7 rings (SSSR count). The minimum atomic E-state index is -0.160. The van der Waals surface area contributed by atoms with Crippen LogP contribution < -0.4 is 4.90 Å². The first-order valence-corrected chi connectivity index (χ1v) is 12.2. The zero-order valence-electron chi connectivity index (χ0n) is 20.4. The maximum atomic E-state index is 7.47. The first-order chi connectivity index (χ1) is 18.1. The van der Waals surface area contributed by atoms with Crippen LogP contribution >= 0.6 is 0 Å². The molecule has 1 aliphatic heterocycles. The van der Waals surface area contributed by atoms with Gasteiger partial charge in [0.05, 0.1) is 29.0 Å². The molecule has 0 bridgehead atoms. The molecule has 37 heavy (non-hydrogen) atoms. The second kappa shape index (κ2) is 7.74. The minimum absolute atomic E-state index is 0.160. The number of aromatic nitrogens is 4. The Morgan fingerprint density at radius 3 is 2.05 bits per heavy atom. The van der Waals surface area contributed by atoms with Gasteiger partial charge in [0.1, 0.15) is 6.33 Å². The molecule has 3 heterocycles. The number of anilines is 3. The summed E-state index contributed by atoms with van der Waals surface area (Å²) in [4.78, 5) is 20.1. The van der Waals surface area contributed by atoms with E-state index in [2.05, 4.69) is 98.8 Å². The lowest BCUT2D eigenvalue weighted by molar-refractivity contribution is 0.630. The Kier molecular flexibility index (Phi) is 4.45. The summed E-state index contributed by atoms with van der Waals surface area (Å²) in [6.45, 7) is 12.0. The van der Waals surface area contributed by atoms with Crippen LogP contribution in [-0.2, 0) is 5.41 Å². The summed E-state index contributed by atoms with van der Waals surface area (Å²) >= 11 is 0. The van der Waals surface area contributed by atoms with Gasteiger partial charge in [0.2, 0.25) is 11.9 Å². The molecule has 0 atom stereocenters. The molecule has 176 valence electrons. The van der Waals surface area contributed by atoms with E-state index in [1.54, 1.807) is 6.33 Å². The summed E-state index contributed by atoms with van der Waals surface area (Å²) in [6, 6.07) is 30.8. The monoisotopic (exact) mass is 478 g/mol. The van der Waals surface area contributed by atoms with Crippen LogP contribution in [0, 0.1) is 6.57 Å². The molecule has 0 aliphatic carbocycles. The Morgan fingerprint density at radius 1 is 0.703 bits per heavy atom. The number of rotatable bonds is 2. The van der Waals surface area contributed by atoms with Crippen molar-refractivity contribution in [2.24, 2.45) is 0 Å². The number of benzene rings is 4. The zero-order chi connectivity index (χ0) is 25.1. The van der Waals surface area contributed by atoms with Crippen molar-refractivity contribution in [3.8, 4) is 5.95 Å². The van der Waals surface area contributed by atoms with E-state index in [4.69, 9.17) is 11.6 Å². The predicted molar refractivity (Wildman–Crippen MR) is 147 cm³/mol. The third-order valence-electron chi connectivity index (χ3n) is 7.37. The van der Waals surface area contributed by atoms with Gasteiger partial charge in [0.25, 0.3) is 0 Å². The lowest BCUT2D eigenvalue weighted by Crippen LogP contribution is -2.31.